The summed E-state index contributed by atoms with van der Waals surface area (Å²) in [4.78, 5) is 58.6. The summed E-state index contributed by atoms with van der Waals surface area (Å²) in [5, 5.41) is 33.1. The summed E-state index contributed by atoms with van der Waals surface area (Å²) in [6.45, 7) is 13.8. The van der Waals surface area contributed by atoms with Crippen molar-refractivity contribution in [2.24, 2.45) is 35.5 Å². The SMILES string of the molecule is CO[C@@H]1C[C@H](C[C@@H](C)[C@@H]2CC[C@H](C)/C=C(\C)[C@@H](O)[C@@H](OC)C(=O)[C@H](C)C[C@H](C)/C=C/C=C/C=C(\C)[C@H](N3CCCS3(=O)=O)C[C@@H]3CC[C@@H](C)[C@@](O)(O3)C(=O)C(=O)N3CCCC[C@H]3C(=O)O2)CC[C@H]1OCCO. The number of allylic oxidation sites excluding steroid dienone is 6. The summed E-state index contributed by atoms with van der Waals surface area (Å²) in [6, 6.07) is -1.73. The summed E-state index contributed by atoms with van der Waals surface area (Å²) in [6.07, 6.45) is 14.7. The molecule has 1 amide bonds. The number of sulfonamides is 1. The Bertz CT molecular complexity index is 2060. The highest BCUT2D eigenvalue weighted by atomic mass is 32.2. The number of carbonyl (C=O) groups excluding carboxylic acids is 4. The monoisotopic (exact) mass is 1030 g/mol. The number of esters is 1. The smallest absolute Gasteiger partial charge is 0.329 e. The van der Waals surface area contributed by atoms with Gasteiger partial charge in [-0.05, 0) is 133 Å². The summed E-state index contributed by atoms with van der Waals surface area (Å²) < 4.78 is 58.4. The number of aliphatic hydroxyl groups excluding tert-OH is 2. The molecule has 0 radical (unpaired) electrons. The maximum atomic E-state index is 14.6. The van der Waals surface area contributed by atoms with Gasteiger partial charge in [-0.3, -0.25) is 14.4 Å². The first-order valence-electron chi connectivity index (χ1n) is 26.8. The van der Waals surface area contributed by atoms with Gasteiger partial charge in [0.25, 0.3) is 11.7 Å². The van der Waals surface area contributed by atoms with E-state index in [0.717, 1.165) is 24.8 Å². The number of piperidine rings is 1. The van der Waals surface area contributed by atoms with E-state index in [-0.39, 0.29) is 80.0 Å². The van der Waals surface area contributed by atoms with Crippen molar-refractivity contribution < 1.29 is 66.6 Å². The zero-order valence-corrected chi connectivity index (χ0v) is 45.4. The van der Waals surface area contributed by atoms with E-state index in [1.807, 2.05) is 64.2 Å². The number of amides is 1. The molecule has 4 heterocycles. The molecule has 0 spiro atoms. The largest absolute Gasteiger partial charge is 0.461 e. The van der Waals surface area contributed by atoms with Crippen LogP contribution in [-0.4, -0.2) is 157 Å². The van der Waals surface area contributed by atoms with Gasteiger partial charge in [0, 0.05) is 45.2 Å². The highest BCUT2D eigenvalue weighted by molar-refractivity contribution is 7.89. The minimum atomic E-state index is -3.60. The average molecular weight is 1030 g/mol. The molecule has 15 atom stereocenters. The molecule has 1 aliphatic carbocycles. The van der Waals surface area contributed by atoms with Crippen molar-refractivity contribution in [2.75, 3.05) is 46.3 Å². The number of aliphatic hydroxyl groups is 3. The van der Waals surface area contributed by atoms with E-state index in [1.165, 1.54) is 16.3 Å². The first-order valence-corrected chi connectivity index (χ1v) is 28.4. The molecule has 3 N–H and O–H groups in total. The highest BCUT2D eigenvalue weighted by Gasteiger charge is 2.53. The second-order valence-electron chi connectivity index (χ2n) is 21.8. The van der Waals surface area contributed by atoms with Crippen LogP contribution < -0.4 is 0 Å². The molecule has 2 bridgehead atoms. The Morgan fingerprint density at radius 3 is 2.25 bits per heavy atom. The van der Waals surface area contributed by atoms with E-state index < -0.39 is 81.8 Å². The van der Waals surface area contributed by atoms with Gasteiger partial charge in [-0.15, -0.1) is 0 Å². The quantitative estimate of drug-likeness (QED) is 0.129. The van der Waals surface area contributed by atoms with Gasteiger partial charge in [0.15, 0.2) is 5.78 Å². The molecule has 0 aromatic carbocycles. The number of rotatable bonds is 9. The Balaban J connectivity index is 1.48. The third-order valence-corrected chi connectivity index (χ3v) is 18.1. The Hall–Kier alpha value is -3.13. The number of carbonyl (C=O) groups is 4. The van der Waals surface area contributed by atoms with Gasteiger partial charge in [-0.25, -0.2) is 13.2 Å². The van der Waals surface area contributed by atoms with Crippen LogP contribution in [0.1, 0.15) is 138 Å². The fourth-order valence-corrected chi connectivity index (χ4v) is 13.5. The first-order chi connectivity index (χ1) is 34.1. The van der Waals surface area contributed by atoms with Crippen LogP contribution in [0, 0.1) is 35.5 Å². The fourth-order valence-electron chi connectivity index (χ4n) is 11.8. The normalized spacial score (nSPS) is 39.7. The minimum absolute atomic E-state index is 0.00444. The second kappa shape index (κ2) is 27.6. The molecule has 5 rings (SSSR count). The standard InChI is InChI=1S/C55H88N2O14S/c1-35-16-11-10-12-17-37(3)45(57-26-15-29-72(57,65)66)34-43-22-20-41(7)55(64,71-43)52(61)53(62)56-25-14-13-18-44(56)54(63)70-46(38(4)32-42-21-24-47(69-28-27-58)48(33-42)67-8)23-19-36(2)31-40(6)50(60)51(68-9)49(59)39(5)30-35/h10-12,16-17,31,35-36,38-39,41-48,50-51,58,60,64H,13-15,18-30,32-34H2,1-9H3/b12-10+,16-11+,37-17+,40-31+/t35-,36+,38-,39-,41-,42+,43+,44+,45-,46+,47-,48-,50-,51+,55-/m1/s1. The molecule has 0 unspecified atom stereocenters. The first kappa shape index (κ1) is 59.7. The van der Waals surface area contributed by atoms with Crippen molar-refractivity contribution in [3.63, 3.8) is 0 Å². The van der Waals surface area contributed by atoms with Crippen molar-refractivity contribution in [3.05, 3.63) is 47.6 Å². The minimum Gasteiger partial charge on any atom is -0.461 e. The van der Waals surface area contributed by atoms with Gasteiger partial charge >= 0.3 is 5.97 Å². The number of ether oxygens (including phenoxy) is 5. The molecule has 72 heavy (non-hydrogen) atoms. The Labute approximate surface area is 430 Å². The third-order valence-electron chi connectivity index (χ3n) is 16.1. The van der Waals surface area contributed by atoms with Gasteiger partial charge in [-0.2, -0.15) is 4.31 Å². The Kier molecular flexibility index (Phi) is 22.9. The Morgan fingerprint density at radius 2 is 1.57 bits per heavy atom. The van der Waals surface area contributed by atoms with E-state index in [9.17, 15) is 42.9 Å². The predicted octanol–water partition coefficient (Wildman–Crippen LogP) is 6.41. The van der Waals surface area contributed by atoms with Gasteiger partial charge in [-0.1, -0.05) is 76.6 Å². The van der Waals surface area contributed by atoms with Crippen molar-refractivity contribution in [3.8, 4) is 0 Å². The molecule has 0 aromatic rings. The van der Waals surface area contributed by atoms with Crippen LogP contribution in [-0.2, 0) is 52.9 Å². The lowest BCUT2D eigenvalue weighted by atomic mass is 9.78. The van der Waals surface area contributed by atoms with Crippen molar-refractivity contribution >= 4 is 33.5 Å². The molecular formula is C55H88N2O14S. The van der Waals surface area contributed by atoms with Crippen LogP contribution in [0.5, 0.6) is 0 Å². The van der Waals surface area contributed by atoms with Crippen LogP contribution >= 0.6 is 0 Å². The highest BCUT2D eigenvalue weighted by Crippen LogP contribution is 2.39. The van der Waals surface area contributed by atoms with E-state index in [0.29, 0.717) is 69.9 Å². The van der Waals surface area contributed by atoms with Crippen molar-refractivity contribution in [1.82, 2.24) is 9.21 Å². The van der Waals surface area contributed by atoms with E-state index in [4.69, 9.17) is 23.7 Å². The second-order valence-corrected chi connectivity index (χ2v) is 23.9. The van der Waals surface area contributed by atoms with Crippen LogP contribution in [0.4, 0.5) is 0 Å². The third kappa shape index (κ3) is 15.5. The van der Waals surface area contributed by atoms with E-state index in [2.05, 4.69) is 6.92 Å². The van der Waals surface area contributed by atoms with Crippen molar-refractivity contribution in [2.45, 2.75) is 193 Å². The van der Waals surface area contributed by atoms with Gasteiger partial charge in [0.1, 0.15) is 24.4 Å². The molecule has 3 saturated heterocycles. The van der Waals surface area contributed by atoms with Crippen LogP contribution in [0.25, 0.3) is 0 Å². The summed E-state index contributed by atoms with van der Waals surface area (Å²) in [5.41, 5.74) is 1.32. The Morgan fingerprint density at radius 1 is 0.819 bits per heavy atom. The molecule has 0 aromatic heterocycles. The van der Waals surface area contributed by atoms with E-state index in [1.54, 1.807) is 21.0 Å². The number of hydrogen-bond donors (Lipinski definition) is 3. The number of hydrogen-bond acceptors (Lipinski definition) is 14. The number of fused-ring (bicyclic) bond motifs is 3. The van der Waals surface area contributed by atoms with Crippen LogP contribution in [0.3, 0.4) is 0 Å². The lowest BCUT2D eigenvalue weighted by molar-refractivity contribution is -0.264. The van der Waals surface area contributed by atoms with Crippen LogP contribution in [0.2, 0.25) is 0 Å². The maximum Gasteiger partial charge on any atom is 0.329 e. The zero-order valence-electron chi connectivity index (χ0n) is 44.6. The fraction of sp³-hybridized carbons (Fsp3) is 0.782. The number of cyclic esters (lactones) is 1. The predicted molar refractivity (Wildman–Crippen MR) is 274 cm³/mol. The number of nitrogens with zero attached hydrogens (tertiary/aromatic N) is 2. The molecular weight excluding hydrogens is 945 g/mol. The summed E-state index contributed by atoms with van der Waals surface area (Å²) >= 11 is 0. The molecule has 1 saturated carbocycles. The van der Waals surface area contributed by atoms with Crippen molar-refractivity contribution in [1.29, 1.82) is 0 Å². The lowest BCUT2D eigenvalue weighted by Gasteiger charge is -2.43. The molecule has 16 nitrogen and oxygen atoms in total. The average Bonchev–Trinajstić information content (AvgIpc) is 3.71. The number of methoxy groups -OCH3 is 2. The van der Waals surface area contributed by atoms with Gasteiger partial charge in [0.2, 0.25) is 15.8 Å². The molecule has 4 aliphatic heterocycles. The van der Waals surface area contributed by atoms with Gasteiger partial charge < -0.3 is 43.9 Å². The molecule has 4 fully saturated rings. The molecule has 17 heteroatoms. The topological polar surface area (TPSA) is 216 Å². The lowest BCUT2D eigenvalue weighted by Crippen LogP contribution is -2.61. The zero-order chi connectivity index (χ0) is 52.9. The summed E-state index contributed by atoms with van der Waals surface area (Å²) in [7, 11) is -0.519. The van der Waals surface area contributed by atoms with Crippen LogP contribution in [0.15, 0.2) is 47.6 Å². The maximum absolute atomic E-state index is 14.6. The molecule has 408 valence electrons. The van der Waals surface area contributed by atoms with Gasteiger partial charge in [0.05, 0.1) is 37.3 Å². The molecule has 5 aliphatic rings. The number of ketones is 2. The van der Waals surface area contributed by atoms with E-state index >= 15 is 0 Å². The summed E-state index contributed by atoms with van der Waals surface area (Å²) in [5.74, 6) is -6.74. The number of Topliss-reactive ketones (excluding diaryl/α,β-unsaturated/α-hetero) is 2.